The topological polar surface area (TPSA) is 82.9 Å². The Morgan fingerprint density at radius 3 is 2.80 bits per heavy atom. The molecule has 0 atom stereocenters. The fraction of sp³-hybridized carbons (Fsp3) is 0.364. The van der Waals surface area contributed by atoms with Crippen molar-refractivity contribution in [2.75, 3.05) is 25.5 Å². The van der Waals surface area contributed by atoms with Crippen LogP contribution in [-0.2, 0) is 0 Å². The molecule has 110 valence electrons. The van der Waals surface area contributed by atoms with Gasteiger partial charge in [0.1, 0.15) is 5.82 Å². The number of halogens is 3. The van der Waals surface area contributed by atoms with Crippen LogP contribution in [0.4, 0.5) is 19.0 Å². The highest BCUT2D eigenvalue weighted by atomic mass is 19.4. The van der Waals surface area contributed by atoms with Crippen LogP contribution in [0.15, 0.2) is 24.2 Å². The van der Waals surface area contributed by atoms with Crippen molar-refractivity contribution in [2.45, 2.75) is 6.18 Å². The van der Waals surface area contributed by atoms with E-state index in [1.54, 1.807) is 13.2 Å². The molecule has 0 aromatic carbocycles. The molecule has 1 heterocycles. The van der Waals surface area contributed by atoms with Gasteiger partial charge >= 0.3 is 6.18 Å². The minimum atomic E-state index is -4.42. The van der Waals surface area contributed by atoms with Crippen molar-refractivity contribution >= 4 is 12.0 Å². The molecule has 0 aliphatic heterocycles. The highest BCUT2D eigenvalue weighted by Gasteiger charge is 2.28. The maximum absolute atomic E-state index is 12.0. The van der Waals surface area contributed by atoms with Gasteiger partial charge in [0.05, 0.1) is 12.4 Å². The average molecular weight is 289 g/mol. The Morgan fingerprint density at radius 2 is 2.20 bits per heavy atom. The summed E-state index contributed by atoms with van der Waals surface area (Å²) in [7, 11) is 1.69. The molecule has 0 fully saturated rings. The molecule has 0 amide bonds. The molecule has 0 radical (unpaired) electrons. The quantitative estimate of drug-likeness (QED) is 0.664. The molecule has 6 nitrogen and oxygen atoms in total. The smallest absolute Gasteiger partial charge is 0.422 e. The Hall–Kier alpha value is -2.32. The number of ether oxygens (including phenoxy) is 1. The van der Waals surface area contributed by atoms with Gasteiger partial charge in [-0.05, 0) is 0 Å². The fourth-order valence-electron chi connectivity index (χ4n) is 1.18. The van der Waals surface area contributed by atoms with Crippen molar-refractivity contribution in [3.05, 3.63) is 24.2 Å². The SMILES string of the molecule is CN/C=C(\C=N)CNc1cncc(OCC(F)(F)F)n1. The molecule has 0 spiro atoms. The monoisotopic (exact) mass is 289 g/mol. The second kappa shape index (κ2) is 7.31. The molecule has 0 bridgehead atoms. The minimum Gasteiger partial charge on any atom is -0.467 e. The van der Waals surface area contributed by atoms with Gasteiger partial charge in [-0.15, -0.1) is 0 Å². The van der Waals surface area contributed by atoms with Crippen LogP contribution < -0.4 is 15.4 Å². The number of nitrogens with zero attached hydrogens (tertiary/aromatic N) is 2. The first-order valence-electron chi connectivity index (χ1n) is 5.57. The number of hydrogen-bond acceptors (Lipinski definition) is 6. The van der Waals surface area contributed by atoms with E-state index in [9.17, 15) is 13.2 Å². The molecule has 1 aromatic rings. The van der Waals surface area contributed by atoms with Crippen molar-refractivity contribution in [1.82, 2.24) is 15.3 Å². The van der Waals surface area contributed by atoms with Gasteiger partial charge in [0, 0.05) is 31.6 Å². The molecule has 3 N–H and O–H groups in total. The van der Waals surface area contributed by atoms with E-state index in [0.717, 1.165) is 12.4 Å². The summed E-state index contributed by atoms with van der Waals surface area (Å²) < 4.78 is 40.5. The van der Waals surface area contributed by atoms with E-state index in [1.807, 2.05) is 0 Å². The average Bonchev–Trinajstić information content (AvgIpc) is 2.41. The van der Waals surface area contributed by atoms with Gasteiger partial charge in [-0.1, -0.05) is 0 Å². The second-order valence-corrected chi connectivity index (χ2v) is 3.65. The lowest BCUT2D eigenvalue weighted by atomic mass is 10.3. The molecule has 1 aromatic heterocycles. The fourth-order valence-corrected chi connectivity index (χ4v) is 1.18. The summed E-state index contributed by atoms with van der Waals surface area (Å²) in [5, 5.41) is 12.7. The summed E-state index contributed by atoms with van der Waals surface area (Å²) in [5.41, 5.74) is 0.635. The largest absolute Gasteiger partial charge is 0.467 e. The molecule has 0 unspecified atom stereocenters. The van der Waals surface area contributed by atoms with Crippen LogP contribution in [0.2, 0.25) is 0 Å². The Labute approximate surface area is 113 Å². The first-order chi connectivity index (χ1) is 9.44. The zero-order valence-corrected chi connectivity index (χ0v) is 10.7. The van der Waals surface area contributed by atoms with Gasteiger partial charge in [-0.25, -0.2) is 0 Å². The van der Waals surface area contributed by atoms with Crippen LogP contribution in [0.5, 0.6) is 5.88 Å². The number of anilines is 1. The number of hydrogen-bond donors (Lipinski definition) is 3. The van der Waals surface area contributed by atoms with E-state index < -0.39 is 12.8 Å². The molecule has 20 heavy (non-hydrogen) atoms. The van der Waals surface area contributed by atoms with Crippen LogP contribution in [0, 0.1) is 5.41 Å². The van der Waals surface area contributed by atoms with E-state index in [2.05, 4.69) is 25.3 Å². The van der Waals surface area contributed by atoms with E-state index in [4.69, 9.17) is 5.41 Å². The Kier molecular flexibility index (Phi) is 5.75. The minimum absolute atomic E-state index is 0.221. The van der Waals surface area contributed by atoms with Crippen LogP contribution in [0.1, 0.15) is 0 Å². The number of rotatable bonds is 7. The molecule has 0 saturated carbocycles. The normalized spacial score (nSPS) is 11.9. The summed E-state index contributed by atoms with van der Waals surface area (Å²) in [4.78, 5) is 7.55. The van der Waals surface area contributed by atoms with Gasteiger partial charge in [0.15, 0.2) is 6.61 Å². The van der Waals surface area contributed by atoms with Crippen molar-refractivity contribution in [2.24, 2.45) is 0 Å². The molecule has 1 rings (SSSR count). The molecular weight excluding hydrogens is 275 g/mol. The van der Waals surface area contributed by atoms with E-state index in [1.165, 1.54) is 6.20 Å². The van der Waals surface area contributed by atoms with E-state index in [0.29, 0.717) is 5.57 Å². The zero-order valence-electron chi connectivity index (χ0n) is 10.7. The summed E-state index contributed by atoms with van der Waals surface area (Å²) in [6, 6.07) is 0. The maximum Gasteiger partial charge on any atom is 0.422 e. The summed E-state index contributed by atoms with van der Waals surface area (Å²) in [5.74, 6) is 0.0369. The van der Waals surface area contributed by atoms with E-state index >= 15 is 0 Å². The highest BCUT2D eigenvalue weighted by molar-refractivity contribution is 5.76. The standard InChI is InChI=1S/C11H14F3N5O/c1-16-3-8(2-15)4-18-9-5-17-6-10(19-9)20-7-11(12,13)14/h2-3,5-6,15-16H,4,7H2,1H3,(H,18,19)/b8-3+,15-2?. The Balaban J connectivity index is 2.59. The first-order valence-corrected chi connectivity index (χ1v) is 5.57. The molecule has 9 heteroatoms. The van der Waals surface area contributed by atoms with Crippen molar-refractivity contribution in [3.63, 3.8) is 0 Å². The van der Waals surface area contributed by atoms with Gasteiger partial charge in [0.2, 0.25) is 5.88 Å². The van der Waals surface area contributed by atoms with Gasteiger partial charge in [-0.3, -0.25) is 4.98 Å². The van der Waals surface area contributed by atoms with Crippen molar-refractivity contribution in [3.8, 4) is 5.88 Å². The van der Waals surface area contributed by atoms with Crippen LogP contribution in [-0.4, -0.2) is 42.6 Å². The lowest BCUT2D eigenvalue weighted by Crippen LogP contribution is -2.20. The lowest BCUT2D eigenvalue weighted by Gasteiger charge is -2.10. The molecule has 0 aliphatic carbocycles. The molecule has 0 aliphatic rings. The van der Waals surface area contributed by atoms with Gasteiger partial charge in [-0.2, -0.15) is 18.2 Å². The number of alkyl halides is 3. The summed E-state index contributed by atoms with van der Waals surface area (Å²) in [6.45, 7) is -1.14. The number of aromatic nitrogens is 2. The van der Waals surface area contributed by atoms with Gasteiger partial charge < -0.3 is 20.8 Å². The summed E-state index contributed by atoms with van der Waals surface area (Å²) >= 11 is 0. The predicted octanol–water partition coefficient (Wildman–Crippen LogP) is 1.58. The van der Waals surface area contributed by atoms with Crippen LogP contribution in [0.3, 0.4) is 0 Å². The van der Waals surface area contributed by atoms with Gasteiger partial charge in [0.25, 0.3) is 0 Å². The van der Waals surface area contributed by atoms with Crippen LogP contribution >= 0.6 is 0 Å². The third-order valence-corrected chi connectivity index (χ3v) is 1.98. The first kappa shape index (κ1) is 15.7. The third-order valence-electron chi connectivity index (χ3n) is 1.98. The Bertz CT molecular complexity index is 475. The predicted molar refractivity (Wildman–Crippen MR) is 68.0 cm³/mol. The molecule has 0 saturated heterocycles. The third kappa shape index (κ3) is 6.03. The molecular formula is C11H14F3N5O. The summed E-state index contributed by atoms with van der Waals surface area (Å²) in [6.07, 6.45) is 0.769. The van der Waals surface area contributed by atoms with Crippen molar-refractivity contribution in [1.29, 1.82) is 5.41 Å². The lowest BCUT2D eigenvalue weighted by molar-refractivity contribution is -0.154. The second-order valence-electron chi connectivity index (χ2n) is 3.65. The van der Waals surface area contributed by atoms with Crippen LogP contribution in [0.25, 0.3) is 0 Å². The van der Waals surface area contributed by atoms with Crippen molar-refractivity contribution < 1.29 is 17.9 Å². The zero-order chi connectivity index (χ0) is 15.0. The highest BCUT2D eigenvalue weighted by Crippen LogP contribution is 2.17. The maximum atomic E-state index is 12.0. The Morgan fingerprint density at radius 1 is 1.45 bits per heavy atom. The van der Waals surface area contributed by atoms with E-state index in [-0.39, 0.29) is 18.2 Å². The number of nitrogens with one attached hydrogen (secondary N) is 3.